The van der Waals surface area contributed by atoms with E-state index in [2.05, 4.69) is 18.2 Å². The molecular formula is C30H40F3NO. The number of allylic oxidation sites excluding steroid dienone is 6. The molecule has 0 radical (unpaired) electrons. The summed E-state index contributed by atoms with van der Waals surface area (Å²) in [6.45, 7) is 0. The highest BCUT2D eigenvalue weighted by Gasteiger charge is 2.27. The molecule has 1 aliphatic heterocycles. The Balaban J connectivity index is 0.00000241. The molecule has 1 aromatic rings. The molecule has 2 unspecified atom stereocenters. The zero-order chi connectivity index (χ0) is 24.7. The van der Waals surface area contributed by atoms with Gasteiger partial charge in [0.15, 0.2) is 0 Å². The molecule has 192 valence electrons. The Morgan fingerprint density at radius 1 is 1.14 bits per heavy atom. The Hall–Kier alpha value is -2.69. The molecule has 1 heterocycles. The second-order valence-electron chi connectivity index (χ2n) is 10.00. The van der Waals surface area contributed by atoms with E-state index in [0.717, 1.165) is 63.0 Å². The van der Waals surface area contributed by atoms with E-state index in [4.69, 9.17) is 4.99 Å². The third kappa shape index (κ3) is 7.65. The van der Waals surface area contributed by atoms with Crippen LogP contribution in [0.4, 0.5) is 13.2 Å². The van der Waals surface area contributed by atoms with Crippen molar-refractivity contribution in [2.24, 2.45) is 16.8 Å². The van der Waals surface area contributed by atoms with E-state index in [1.165, 1.54) is 16.9 Å². The van der Waals surface area contributed by atoms with Crippen LogP contribution in [0.1, 0.15) is 79.6 Å². The van der Waals surface area contributed by atoms with Gasteiger partial charge >= 0.3 is 6.18 Å². The standard InChI is InChI=1S/C30H34F3NO.3H2/c31-30(32,33)18-17-24-7-3-6-22(20-24)14-16-27(35)21-23-8-4-10-26(15-13-23)29-28-12-2-1-9-25(28)11-5-19-34-29;;;/h2-3,5-7,12,17-20,23,26H,1,4,8-11,13-16,21H2;3*1H/b18-17-;;;. The number of halogens is 3. The lowest BCUT2D eigenvalue weighted by Gasteiger charge is -2.22. The van der Waals surface area contributed by atoms with E-state index < -0.39 is 6.18 Å². The number of nitrogens with zero attached hydrogens (tertiary/aromatic N) is 1. The average molecular weight is 488 g/mol. The molecule has 3 aliphatic rings. The summed E-state index contributed by atoms with van der Waals surface area (Å²) >= 11 is 0. The van der Waals surface area contributed by atoms with Crippen LogP contribution >= 0.6 is 0 Å². The van der Waals surface area contributed by atoms with E-state index in [1.807, 2.05) is 12.3 Å². The molecule has 4 rings (SSSR count). The molecule has 0 spiro atoms. The largest absolute Gasteiger partial charge is 0.409 e. The highest BCUT2D eigenvalue weighted by Crippen LogP contribution is 2.35. The number of rotatable bonds is 7. The summed E-state index contributed by atoms with van der Waals surface area (Å²) < 4.78 is 37.3. The minimum Gasteiger partial charge on any atom is -0.300 e. The smallest absolute Gasteiger partial charge is 0.300 e. The van der Waals surface area contributed by atoms with Crippen LogP contribution < -0.4 is 0 Å². The topological polar surface area (TPSA) is 29.4 Å². The SMILES string of the molecule is O=C(CCc1cccc(/C=C\C(F)(F)F)c1)CC1CCCC(C2=NC=CCC3=C2C=CCC3)CC1.[HH].[HH].[HH]. The summed E-state index contributed by atoms with van der Waals surface area (Å²) in [4.78, 5) is 17.6. The lowest BCUT2D eigenvalue weighted by molar-refractivity contribution is -0.120. The Labute approximate surface area is 210 Å². The summed E-state index contributed by atoms with van der Waals surface area (Å²) in [7, 11) is 0. The molecule has 2 atom stereocenters. The fourth-order valence-corrected chi connectivity index (χ4v) is 5.52. The summed E-state index contributed by atoms with van der Waals surface area (Å²) in [5, 5.41) is 0. The average Bonchev–Trinajstić information content (AvgIpc) is 3.20. The van der Waals surface area contributed by atoms with Crippen molar-refractivity contribution >= 4 is 17.6 Å². The summed E-state index contributed by atoms with van der Waals surface area (Å²) in [6, 6.07) is 7.00. The lowest BCUT2D eigenvalue weighted by Crippen LogP contribution is -2.18. The van der Waals surface area contributed by atoms with Crippen molar-refractivity contribution in [1.29, 1.82) is 0 Å². The van der Waals surface area contributed by atoms with Gasteiger partial charge in [0.2, 0.25) is 0 Å². The van der Waals surface area contributed by atoms with Crippen molar-refractivity contribution in [3.05, 3.63) is 77.0 Å². The molecule has 0 amide bonds. The van der Waals surface area contributed by atoms with Crippen molar-refractivity contribution < 1.29 is 22.2 Å². The second kappa shape index (κ2) is 11.8. The number of aryl methyl sites for hydroxylation is 1. The Kier molecular flexibility index (Phi) is 8.59. The molecule has 0 bridgehead atoms. The van der Waals surface area contributed by atoms with Gasteiger partial charge in [-0.05, 0) is 67.6 Å². The number of hydrogen-bond donors (Lipinski definition) is 0. The van der Waals surface area contributed by atoms with Crippen molar-refractivity contribution in [2.75, 3.05) is 0 Å². The Bertz CT molecular complexity index is 1070. The number of hydrogen-bond acceptors (Lipinski definition) is 2. The third-order valence-electron chi connectivity index (χ3n) is 7.34. The van der Waals surface area contributed by atoms with E-state index in [-0.39, 0.29) is 16.1 Å². The first-order valence-electron chi connectivity index (χ1n) is 12.9. The number of ketones is 1. The fraction of sp³-hybridized carbons (Fsp3) is 0.467. The molecule has 2 aliphatic carbocycles. The maximum Gasteiger partial charge on any atom is 0.409 e. The molecule has 1 saturated carbocycles. The number of carbonyl (C=O) groups is 1. The van der Waals surface area contributed by atoms with Gasteiger partial charge in [-0.3, -0.25) is 9.79 Å². The first-order valence-corrected chi connectivity index (χ1v) is 12.9. The highest BCUT2D eigenvalue weighted by molar-refractivity contribution is 6.05. The zero-order valence-corrected chi connectivity index (χ0v) is 20.2. The summed E-state index contributed by atoms with van der Waals surface area (Å²) in [6.07, 6.45) is 15.9. The Morgan fingerprint density at radius 3 is 2.89 bits per heavy atom. The minimum absolute atomic E-state index is 0. The first-order chi connectivity index (χ1) is 16.9. The summed E-state index contributed by atoms with van der Waals surface area (Å²) in [5.74, 6) is 1.11. The van der Waals surface area contributed by atoms with Crippen LogP contribution in [0.2, 0.25) is 0 Å². The van der Waals surface area contributed by atoms with Crippen LogP contribution in [-0.4, -0.2) is 17.7 Å². The maximum atomic E-state index is 12.7. The second-order valence-corrected chi connectivity index (χ2v) is 10.00. The van der Waals surface area contributed by atoms with Gasteiger partial charge in [0.1, 0.15) is 5.78 Å². The molecule has 0 saturated heterocycles. The maximum absolute atomic E-state index is 12.7. The fourth-order valence-electron chi connectivity index (χ4n) is 5.52. The number of aliphatic imine (C=N–C) groups is 1. The van der Waals surface area contributed by atoms with Crippen molar-refractivity contribution in [3.8, 4) is 0 Å². The third-order valence-corrected chi connectivity index (χ3v) is 7.34. The molecule has 1 aromatic carbocycles. The molecule has 1 fully saturated rings. The van der Waals surface area contributed by atoms with Gasteiger partial charge in [-0.15, -0.1) is 0 Å². The van der Waals surface area contributed by atoms with Gasteiger partial charge in [-0.25, -0.2) is 0 Å². The van der Waals surface area contributed by atoms with E-state index >= 15 is 0 Å². The number of carbonyl (C=O) groups excluding carboxylic acids is 1. The zero-order valence-electron chi connectivity index (χ0n) is 20.2. The quantitative estimate of drug-likeness (QED) is 0.353. The van der Waals surface area contributed by atoms with Crippen LogP contribution in [0.15, 0.2) is 70.9 Å². The van der Waals surface area contributed by atoms with Crippen LogP contribution in [0.5, 0.6) is 0 Å². The number of benzene rings is 1. The van der Waals surface area contributed by atoms with E-state index in [0.29, 0.717) is 36.7 Å². The number of alkyl halides is 3. The lowest BCUT2D eigenvalue weighted by atomic mass is 9.84. The predicted molar refractivity (Wildman–Crippen MR) is 142 cm³/mol. The predicted octanol–water partition coefficient (Wildman–Crippen LogP) is 9.09. The van der Waals surface area contributed by atoms with Gasteiger partial charge in [0.25, 0.3) is 0 Å². The minimum atomic E-state index is -4.32. The van der Waals surface area contributed by atoms with Crippen molar-refractivity contribution in [1.82, 2.24) is 0 Å². The molecule has 2 nitrogen and oxygen atoms in total. The van der Waals surface area contributed by atoms with Gasteiger partial charge in [-0.2, -0.15) is 13.2 Å². The van der Waals surface area contributed by atoms with E-state index in [9.17, 15) is 18.0 Å². The van der Waals surface area contributed by atoms with Gasteiger partial charge in [0, 0.05) is 35.3 Å². The highest BCUT2D eigenvalue weighted by atomic mass is 19.4. The van der Waals surface area contributed by atoms with Crippen molar-refractivity contribution in [2.45, 2.75) is 76.8 Å². The van der Waals surface area contributed by atoms with Crippen molar-refractivity contribution in [3.63, 3.8) is 0 Å². The molecule has 0 N–H and O–H groups in total. The van der Waals surface area contributed by atoms with Gasteiger partial charge in [0.05, 0.1) is 5.71 Å². The number of Topliss-reactive ketones (excluding diaryl/α,β-unsaturated/α-hetero) is 1. The molecular weight excluding hydrogens is 447 g/mol. The summed E-state index contributed by atoms with van der Waals surface area (Å²) in [5.41, 5.74) is 5.51. The van der Waals surface area contributed by atoms with Crippen LogP contribution in [0.25, 0.3) is 6.08 Å². The van der Waals surface area contributed by atoms with Gasteiger partial charge < -0.3 is 0 Å². The monoisotopic (exact) mass is 487 g/mol. The van der Waals surface area contributed by atoms with Crippen LogP contribution in [0, 0.1) is 11.8 Å². The van der Waals surface area contributed by atoms with Crippen LogP contribution in [0.3, 0.4) is 0 Å². The molecule has 35 heavy (non-hydrogen) atoms. The van der Waals surface area contributed by atoms with Crippen LogP contribution in [-0.2, 0) is 11.2 Å². The first kappa shape index (κ1) is 25.4. The normalized spacial score (nSPS) is 23.1. The Morgan fingerprint density at radius 2 is 2.03 bits per heavy atom. The molecule has 0 aromatic heterocycles. The molecule has 5 heteroatoms. The van der Waals surface area contributed by atoms with E-state index in [1.54, 1.807) is 18.2 Å². The van der Waals surface area contributed by atoms with Gasteiger partial charge in [-0.1, -0.05) is 67.0 Å².